The summed E-state index contributed by atoms with van der Waals surface area (Å²) < 4.78 is 10.9. The van der Waals surface area contributed by atoms with Crippen LogP contribution in [0.25, 0.3) is 22.5 Å². The van der Waals surface area contributed by atoms with Gasteiger partial charge in [-0.1, -0.05) is 30.3 Å². The van der Waals surface area contributed by atoms with Crippen molar-refractivity contribution in [2.24, 2.45) is 0 Å². The molecule has 1 aromatic carbocycles. The number of nitrogens with zero attached hydrogens (tertiary/aromatic N) is 2. The van der Waals surface area contributed by atoms with Gasteiger partial charge in [-0.2, -0.15) is 4.98 Å². The number of aromatic amines is 1. The van der Waals surface area contributed by atoms with Crippen LogP contribution in [-0.4, -0.2) is 28.3 Å². The number of rotatable bonds is 3. The van der Waals surface area contributed by atoms with Gasteiger partial charge < -0.3 is 14.2 Å². The largest absolute Gasteiger partial charge is 0.381 e. The lowest BCUT2D eigenvalue weighted by Gasteiger charge is -1.98. The Kier molecular flexibility index (Phi) is 3.00. The van der Waals surface area contributed by atoms with Gasteiger partial charge in [-0.25, -0.2) is 0 Å². The van der Waals surface area contributed by atoms with E-state index in [1.165, 1.54) is 10.9 Å². The van der Waals surface area contributed by atoms with Crippen LogP contribution in [0, 0.1) is 0 Å². The Balaban J connectivity index is 1.79. The smallest absolute Gasteiger partial charge is 0.274 e. The monoisotopic (exact) mass is 283 g/mol. The van der Waals surface area contributed by atoms with Crippen molar-refractivity contribution in [2.45, 2.75) is 25.7 Å². The number of fused-ring (bicyclic) bond motifs is 1. The van der Waals surface area contributed by atoms with Gasteiger partial charge in [0.2, 0.25) is 0 Å². The number of nitrogens with one attached hydrogen (secondary N) is 1. The van der Waals surface area contributed by atoms with Crippen LogP contribution in [0.4, 0.5) is 0 Å². The first kappa shape index (κ1) is 12.6. The molecule has 0 radical (unpaired) electrons. The van der Waals surface area contributed by atoms with Gasteiger partial charge in [-0.15, -0.1) is 0 Å². The van der Waals surface area contributed by atoms with Crippen molar-refractivity contribution in [2.75, 3.05) is 13.2 Å². The van der Waals surface area contributed by atoms with Crippen molar-refractivity contribution in [3.63, 3.8) is 0 Å². The Morgan fingerprint density at radius 1 is 1.33 bits per heavy atom. The van der Waals surface area contributed by atoms with Gasteiger partial charge in [-0.3, -0.25) is 0 Å². The minimum atomic E-state index is 0.261. The zero-order valence-corrected chi connectivity index (χ0v) is 11.9. The number of hydrogen-bond donors (Lipinski definition) is 1. The molecule has 0 saturated carbocycles. The normalized spacial score (nSPS) is 18.6. The number of H-pyrrole nitrogens is 1. The molecule has 1 aliphatic rings. The van der Waals surface area contributed by atoms with Crippen molar-refractivity contribution in [3.05, 3.63) is 35.7 Å². The maximum absolute atomic E-state index is 5.49. The lowest BCUT2D eigenvalue weighted by molar-refractivity contribution is 0.192. The van der Waals surface area contributed by atoms with Gasteiger partial charge in [0.15, 0.2) is 5.82 Å². The van der Waals surface area contributed by atoms with E-state index >= 15 is 0 Å². The van der Waals surface area contributed by atoms with Crippen LogP contribution in [0.5, 0.6) is 0 Å². The molecule has 0 unspecified atom stereocenters. The zero-order valence-electron chi connectivity index (χ0n) is 11.9. The van der Waals surface area contributed by atoms with Crippen molar-refractivity contribution in [3.8, 4) is 11.6 Å². The predicted octanol–water partition coefficient (Wildman–Crippen LogP) is 3.28. The highest BCUT2D eigenvalue weighted by molar-refractivity contribution is 5.89. The third-order valence-corrected chi connectivity index (χ3v) is 4.12. The van der Waals surface area contributed by atoms with E-state index in [0.717, 1.165) is 36.5 Å². The van der Waals surface area contributed by atoms with E-state index in [9.17, 15) is 0 Å². The molecule has 108 valence electrons. The number of hydrogen-bond acceptors (Lipinski definition) is 4. The Bertz CT molecular complexity index is 769. The molecule has 0 bridgehead atoms. The standard InChI is InChI=1S/C16H17N3O2/c1-2-11-12-5-3-4-6-13(12)17-14(11)16-18-15(19-21-16)10-7-8-20-9-10/h3-6,10,17H,2,7-9H2,1H3/t10-/m1/s1. The molecule has 5 heteroatoms. The topological polar surface area (TPSA) is 63.9 Å². The second-order valence-corrected chi connectivity index (χ2v) is 5.40. The van der Waals surface area contributed by atoms with Gasteiger partial charge in [0.1, 0.15) is 5.69 Å². The summed E-state index contributed by atoms with van der Waals surface area (Å²) in [5.41, 5.74) is 3.27. The summed E-state index contributed by atoms with van der Waals surface area (Å²) in [5.74, 6) is 1.59. The first-order chi connectivity index (χ1) is 10.4. The molecule has 1 aliphatic heterocycles. The van der Waals surface area contributed by atoms with Crippen LogP contribution in [0.2, 0.25) is 0 Å². The lowest BCUT2D eigenvalue weighted by atomic mass is 10.1. The third-order valence-electron chi connectivity index (χ3n) is 4.12. The molecule has 1 saturated heterocycles. The van der Waals surface area contributed by atoms with E-state index in [1.54, 1.807) is 0 Å². The fourth-order valence-electron chi connectivity index (χ4n) is 2.99. The maximum atomic E-state index is 5.49. The molecule has 1 atom stereocenters. The van der Waals surface area contributed by atoms with E-state index in [0.29, 0.717) is 12.5 Å². The minimum absolute atomic E-state index is 0.261. The molecule has 1 fully saturated rings. The fraction of sp³-hybridized carbons (Fsp3) is 0.375. The molecule has 3 heterocycles. The fourth-order valence-corrected chi connectivity index (χ4v) is 2.99. The second kappa shape index (κ2) is 5.00. The van der Waals surface area contributed by atoms with Crippen molar-refractivity contribution >= 4 is 10.9 Å². The molecular weight excluding hydrogens is 266 g/mol. The summed E-state index contributed by atoms with van der Waals surface area (Å²) in [6.07, 6.45) is 1.88. The molecule has 5 nitrogen and oxygen atoms in total. The maximum Gasteiger partial charge on any atom is 0.274 e. The summed E-state index contributed by atoms with van der Waals surface area (Å²) in [4.78, 5) is 7.99. The predicted molar refractivity (Wildman–Crippen MR) is 79.1 cm³/mol. The van der Waals surface area contributed by atoms with Gasteiger partial charge in [0.25, 0.3) is 5.89 Å². The number of aryl methyl sites for hydroxylation is 1. The van der Waals surface area contributed by atoms with Crippen molar-refractivity contribution in [1.29, 1.82) is 0 Å². The summed E-state index contributed by atoms with van der Waals surface area (Å²) in [5, 5.41) is 5.36. The third kappa shape index (κ3) is 2.05. The molecule has 0 spiro atoms. The Labute approximate surface area is 122 Å². The van der Waals surface area contributed by atoms with Gasteiger partial charge in [0, 0.05) is 23.4 Å². The van der Waals surface area contributed by atoms with E-state index in [1.807, 2.05) is 12.1 Å². The molecule has 21 heavy (non-hydrogen) atoms. The lowest BCUT2D eigenvalue weighted by Crippen LogP contribution is -1.99. The quantitative estimate of drug-likeness (QED) is 0.801. The highest BCUT2D eigenvalue weighted by atomic mass is 16.5. The van der Waals surface area contributed by atoms with E-state index in [2.05, 4.69) is 34.2 Å². The summed E-state index contributed by atoms with van der Waals surface area (Å²) in [7, 11) is 0. The molecular formula is C16H17N3O2. The zero-order chi connectivity index (χ0) is 14.2. The summed E-state index contributed by atoms with van der Waals surface area (Å²) >= 11 is 0. The average Bonchev–Trinajstić information content (AvgIpc) is 3.24. The van der Waals surface area contributed by atoms with Crippen molar-refractivity contribution in [1.82, 2.24) is 15.1 Å². The van der Waals surface area contributed by atoms with Crippen molar-refractivity contribution < 1.29 is 9.26 Å². The van der Waals surface area contributed by atoms with Crippen LogP contribution in [0.15, 0.2) is 28.8 Å². The highest BCUT2D eigenvalue weighted by Crippen LogP contribution is 2.31. The highest BCUT2D eigenvalue weighted by Gasteiger charge is 2.24. The molecule has 0 aliphatic carbocycles. The van der Waals surface area contributed by atoms with Gasteiger partial charge in [0.05, 0.1) is 6.61 Å². The van der Waals surface area contributed by atoms with Crippen LogP contribution in [0.1, 0.15) is 30.7 Å². The Morgan fingerprint density at radius 3 is 3.05 bits per heavy atom. The molecule has 0 amide bonds. The van der Waals surface area contributed by atoms with Gasteiger partial charge in [-0.05, 0) is 24.5 Å². The van der Waals surface area contributed by atoms with E-state index < -0.39 is 0 Å². The SMILES string of the molecule is CCc1c(-c2nc([C@@H]3CCOC3)no2)[nH]c2ccccc12. The molecule has 1 N–H and O–H groups in total. The summed E-state index contributed by atoms with van der Waals surface area (Å²) in [6, 6.07) is 8.27. The first-order valence-electron chi connectivity index (χ1n) is 7.38. The van der Waals surface area contributed by atoms with E-state index in [4.69, 9.17) is 9.26 Å². The number of aromatic nitrogens is 3. The number of benzene rings is 1. The van der Waals surface area contributed by atoms with Crippen LogP contribution < -0.4 is 0 Å². The molecule has 2 aromatic heterocycles. The Hall–Kier alpha value is -2.14. The first-order valence-corrected chi connectivity index (χ1v) is 7.38. The van der Waals surface area contributed by atoms with Crippen LogP contribution in [-0.2, 0) is 11.2 Å². The average molecular weight is 283 g/mol. The van der Waals surface area contributed by atoms with Crippen LogP contribution >= 0.6 is 0 Å². The number of ether oxygens (including phenoxy) is 1. The van der Waals surface area contributed by atoms with Gasteiger partial charge >= 0.3 is 0 Å². The Morgan fingerprint density at radius 2 is 2.24 bits per heavy atom. The van der Waals surface area contributed by atoms with Crippen LogP contribution in [0.3, 0.4) is 0 Å². The van der Waals surface area contributed by atoms with E-state index in [-0.39, 0.29) is 5.92 Å². The number of para-hydroxylation sites is 1. The minimum Gasteiger partial charge on any atom is -0.381 e. The summed E-state index contributed by atoms with van der Waals surface area (Å²) in [6.45, 7) is 3.61. The second-order valence-electron chi connectivity index (χ2n) is 5.40. The molecule has 3 aromatic rings. The molecule has 4 rings (SSSR count).